The molecule has 1 aromatic carbocycles. The molecule has 0 aliphatic carbocycles. The summed E-state index contributed by atoms with van der Waals surface area (Å²) in [6.07, 6.45) is 2.48. The molecular formula is C20H20N4O2. The number of aryl methyl sites for hydroxylation is 1. The molecule has 0 bridgehead atoms. The minimum Gasteiger partial charge on any atom is -0.467 e. The van der Waals surface area contributed by atoms with Gasteiger partial charge in [0, 0.05) is 17.4 Å². The summed E-state index contributed by atoms with van der Waals surface area (Å²) in [5.41, 5.74) is 3.29. The van der Waals surface area contributed by atoms with E-state index in [-0.39, 0.29) is 11.9 Å². The maximum atomic E-state index is 13.1. The predicted molar refractivity (Wildman–Crippen MR) is 99.2 cm³/mol. The molecule has 1 unspecified atom stereocenters. The second-order valence-electron chi connectivity index (χ2n) is 6.51. The highest BCUT2D eigenvalue weighted by atomic mass is 16.3. The van der Waals surface area contributed by atoms with Crippen molar-refractivity contribution in [2.75, 3.05) is 10.2 Å². The Balaban J connectivity index is 1.60. The third-order valence-corrected chi connectivity index (χ3v) is 4.50. The molecule has 0 saturated carbocycles. The van der Waals surface area contributed by atoms with Crippen molar-refractivity contribution >= 4 is 17.5 Å². The minimum absolute atomic E-state index is 0.103. The molecule has 0 saturated heterocycles. The molecule has 1 N–H and O–H groups in total. The number of amides is 1. The Morgan fingerprint density at radius 1 is 1.27 bits per heavy atom. The number of hydrogen-bond acceptors (Lipinski definition) is 5. The lowest BCUT2D eigenvalue weighted by Gasteiger charge is -2.22. The Bertz CT molecular complexity index is 937. The quantitative estimate of drug-likeness (QED) is 0.780. The van der Waals surface area contributed by atoms with E-state index in [1.807, 2.05) is 42.2 Å². The van der Waals surface area contributed by atoms with Crippen LogP contribution in [-0.4, -0.2) is 21.9 Å². The fourth-order valence-electron chi connectivity index (χ4n) is 3.33. The molecule has 1 atom stereocenters. The van der Waals surface area contributed by atoms with E-state index in [0.717, 1.165) is 23.6 Å². The number of nitrogens with one attached hydrogen (secondary N) is 1. The molecule has 4 rings (SSSR count). The van der Waals surface area contributed by atoms with Crippen molar-refractivity contribution in [2.45, 2.75) is 32.9 Å². The molecule has 0 radical (unpaired) electrons. The van der Waals surface area contributed by atoms with E-state index >= 15 is 0 Å². The Morgan fingerprint density at radius 3 is 2.92 bits per heavy atom. The van der Waals surface area contributed by atoms with Gasteiger partial charge in [0.25, 0.3) is 5.91 Å². The molecule has 1 aliphatic rings. The average molecular weight is 348 g/mol. The van der Waals surface area contributed by atoms with Crippen molar-refractivity contribution in [3.05, 3.63) is 71.4 Å². The van der Waals surface area contributed by atoms with Gasteiger partial charge < -0.3 is 14.6 Å². The molecule has 2 aromatic heterocycles. The van der Waals surface area contributed by atoms with Crippen LogP contribution in [0.15, 0.2) is 53.1 Å². The molecular weight excluding hydrogens is 328 g/mol. The topological polar surface area (TPSA) is 71.3 Å². The maximum Gasteiger partial charge on any atom is 0.277 e. The number of benzene rings is 1. The predicted octanol–water partition coefficient (Wildman–Crippen LogP) is 3.58. The van der Waals surface area contributed by atoms with Gasteiger partial charge in [-0.05, 0) is 50.1 Å². The molecule has 132 valence electrons. The molecule has 6 heteroatoms. The molecule has 6 nitrogen and oxygen atoms in total. The number of fused-ring (bicyclic) bond motifs is 1. The van der Waals surface area contributed by atoms with E-state index in [1.165, 1.54) is 5.56 Å². The van der Waals surface area contributed by atoms with Crippen molar-refractivity contribution in [3.8, 4) is 0 Å². The first-order valence-electron chi connectivity index (χ1n) is 8.65. The van der Waals surface area contributed by atoms with E-state index in [0.29, 0.717) is 18.2 Å². The second-order valence-corrected chi connectivity index (χ2v) is 6.51. The largest absolute Gasteiger partial charge is 0.467 e. The van der Waals surface area contributed by atoms with Gasteiger partial charge >= 0.3 is 0 Å². The average Bonchev–Trinajstić information content (AvgIpc) is 3.25. The van der Waals surface area contributed by atoms with Crippen LogP contribution < -0.4 is 10.2 Å². The molecule has 1 amide bonds. The van der Waals surface area contributed by atoms with Crippen LogP contribution in [0.5, 0.6) is 0 Å². The van der Waals surface area contributed by atoms with Crippen LogP contribution in [0, 0.1) is 6.92 Å². The lowest BCUT2D eigenvalue weighted by Crippen LogP contribution is -2.36. The van der Waals surface area contributed by atoms with Gasteiger partial charge in [0.15, 0.2) is 0 Å². The molecule has 3 heterocycles. The highest BCUT2D eigenvalue weighted by Crippen LogP contribution is 2.32. The van der Waals surface area contributed by atoms with Gasteiger partial charge in [0.2, 0.25) is 5.95 Å². The number of carbonyl (C=O) groups excluding carboxylic acids is 1. The minimum atomic E-state index is -0.103. The van der Waals surface area contributed by atoms with Gasteiger partial charge in [-0.15, -0.1) is 0 Å². The highest BCUT2D eigenvalue weighted by Gasteiger charge is 2.32. The Kier molecular flexibility index (Phi) is 4.16. The van der Waals surface area contributed by atoms with E-state index in [2.05, 4.69) is 28.3 Å². The molecule has 3 aromatic rings. The fourth-order valence-corrected chi connectivity index (χ4v) is 3.33. The zero-order chi connectivity index (χ0) is 18.1. The van der Waals surface area contributed by atoms with Crippen LogP contribution in [0.25, 0.3) is 0 Å². The summed E-state index contributed by atoms with van der Waals surface area (Å²) < 4.78 is 5.30. The van der Waals surface area contributed by atoms with Crippen molar-refractivity contribution in [2.24, 2.45) is 0 Å². The first kappa shape index (κ1) is 16.3. The van der Waals surface area contributed by atoms with Gasteiger partial charge in [-0.1, -0.05) is 18.2 Å². The van der Waals surface area contributed by atoms with E-state index in [1.54, 1.807) is 12.3 Å². The van der Waals surface area contributed by atoms with Crippen LogP contribution in [0.3, 0.4) is 0 Å². The third-order valence-electron chi connectivity index (χ3n) is 4.50. The Hall–Kier alpha value is -3.15. The SMILES string of the molecule is Cc1cc(C(=O)N2c3ccccc3CC2C)nc(NCc2ccco2)n1. The number of rotatable bonds is 4. The van der Waals surface area contributed by atoms with Gasteiger partial charge in [-0.2, -0.15) is 0 Å². The number of carbonyl (C=O) groups is 1. The van der Waals surface area contributed by atoms with Crippen molar-refractivity contribution in [1.82, 2.24) is 9.97 Å². The van der Waals surface area contributed by atoms with Crippen molar-refractivity contribution in [3.63, 3.8) is 0 Å². The summed E-state index contributed by atoms with van der Waals surface area (Å²) >= 11 is 0. The number of para-hydroxylation sites is 1. The summed E-state index contributed by atoms with van der Waals surface area (Å²) in [7, 11) is 0. The van der Waals surface area contributed by atoms with Crippen LogP contribution in [0.4, 0.5) is 11.6 Å². The first-order chi connectivity index (χ1) is 12.6. The zero-order valence-corrected chi connectivity index (χ0v) is 14.8. The third kappa shape index (κ3) is 3.06. The number of nitrogens with zero attached hydrogens (tertiary/aromatic N) is 3. The summed E-state index contributed by atoms with van der Waals surface area (Å²) in [6.45, 7) is 4.38. The van der Waals surface area contributed by atoms with Crippen LogP contribution >= 0.6 is 0 Å². The lowest BCUT2D eigenvalue weighted by atomic mass is 10.1. The Morgan fingerprint density at radius 2 is 2.12 bits per heavy atom. The standard InChI is InChI=1S/C20H20N4O2/c1-13-10-17(23-20(22-13)21-12-16-7-5-9-26-16)19(25)24-14(2)11-15-6-3-4-8-18(15)24/h3-10,14H,11-12H2,1-2H3,(H,21,22,23). The molecule has 1 aliphatic heterocycles. The van der Waals surface area contributed by atoms with Gasteiger partial charge in [-0.3, -0.25) is 4.79 Å². The van der Waals surface area contributed by atoms with Gasteiger partial charge in [0.1, 0.15) is 11.5 Å². The monoisotopic (exact) mass is 348 g/mol. The van der Waals surface area contributed by atoms with Gasteiger partial charge in [-0.25, -0.2) is 9.97 Å². The summed E-state index contributed by atoms with van der Waals surface area (Å²) in [6, 6.07) is 13.6. The maximum absolute atomic E-state index is 13.1. The summed E-state index contributed by atoms with van der Waals surface area (Å²) in [4.78, 5) is 23.8. The number of hydrogen-bond donors (Lipinski definition) is 1. The molecule has 0 spiro atoms. The fraction of sp³-hybridized carbons (Fsp3) is 0.250. The van der Waals surface area contributed by atoms with E-state index < -0.39 is 0 Å². The van der Waals surface area contributed by atoms with Crippen molar-refractivity contribution in [1.29, 1.82) is 0 Å². The lowest BCUT2D eigenvalue weighted by molar-refractivity contribution is 0.0976. The normalized spacial score (nSPS) is 15.8. The Labute approximate surface area is 151 Å². The van der Waals surface area contributed by atoms with E-state index in [4.69, 9.17) is 4.42 Å². The molecule has 26 heavy (non-hydrogen) atoms. The summed E-state index contributed by atoms with van der Waals surface area (Å²) in [5, 5.41) is 3.12. The van der Waals surface area contributed by atoms with Gasteiger partial charge in [0.05, 0.1) is 12.8 Å². The number of aromatic nitrogens is 2. The number of anilines is 2. The highest BCUT2D eigenvalue weighted by molar-refractivity contribution is 6.06. The van der Waals surface area contributed by atoms with Crippen molar-refractivity contribution < 1.29 is 9.21 Å². The van der Waals surface area contributed by atoms with Crippen LogP contribution in [0.1, 0.15) is 34.4 Å². The zero-order valence-electron chi connectivity index (χ0n) is 14.8. The smallest absolute Gasteiger partial charge is 0.277 e. The van der Waals surface area contributed by atoms with Crippen LogP contribution in [-0.2, 0) is 13.0 Å². The summed E-state index contributed by atoms with van der Waals surface area (Å²) in [5.74, 6) is 1.10. The molecule has 0 fully saturated rings. The second kappa shape index (κ2) is 6.63. The van der Waals surface area contributed by atoms with E-state index in [9.17, 15) is 4.79 Å². The number of furan rings is 1. The van der Waals surface area contributed by atoms with Crippen LogP contribution in [0.2, 0.25) is 0 Å². The first-order valence-corrected chi connectivity index (χ1v) is 8.65.